The molecule has 0 unspecified atom stereocenters. The lowest BCUT2D eigenvalue weighted by molar-refractivity contribution is 0.0600. The number of halogens is 1. The Morgan fingerprint density at radius 2 is 2.06 bits per heavy atom. The maximum Gasteiger partial charge on any atom is 0.339 e. The van der Waals surface area contributed by atoms with Gasteiger partial charge in [0.15, 0.2) is 9.84 Å². The first-order valence-electron chi connectivity index (χ1n) is 4.39. The molecule has 0 heterocycles. The van der Waals surface area contributed by atoms with Gasteiger partial charge in [0, 0.05) is 16.3 Å². The molecule has 17 heavy (non-hydrogen) atoms. The summed E-state index contributed by atoms with van der Waals surface area (Å²) in [5, 5.41) is 0. The Kier molecular flexibility index (Phi) is 3.96. The van der Waals surface area contributed by atoms with Crippen molar-refractivity contribution in [2.75, 3.05) is 13.4 Å². The lowest BCUT2D eigenvalue weighted by Gasteiger charge is -2.07. The van der Waals surface area contributed by atoms with E-state index >= 15 is 0 Å². The number of ether oxygens (including phenoxy) is 1. The molecule has 4 nitrogen and oxygen atoms in total. The van der Waals surface area contributed by atoms with E-state index in [2.05, 4.69) is 26.6 Å². The van der Waals surface area contributed by atoms with E-state index in [0.717, 1.165) is 6.26 Å². The molecule has 1 aromatic rings. The molecule has 0 atom stereocenters. The summed E-state index contributed by atoms with van der Waals surface area (Å²) in [7, 11) is -2.25. The molecule has 0 radical (unpaired) electrons. The molecule has 0 aliphatic rings. The number of hydrogen-bond donors (Lipinski definition) is 0. The third kappa shape index (κ3) is 2.87. The molecule has 0 bridgehead atoms. The van der Waals surface area contributed by atoms with E-state index < -0.39 is 15.8 Å². The number of benzene rings is 1. The molecule has 0 aliphatic carbocycles. The van der Waals surface area contributed by atoms with Crippen LogP contribution in [0.1, 0.15) is 15.9 Å². The van der Waals surface area contributed by atoms with Gasteiger partial charge in [-0.2, -0.15) is 0 Å². The van der Waals surface area contributed by atoms with Crippen molar-refractivity contribution in [2.45, 2.75) is 4.90 Å². The van der Waals surface area contributed by atoms with Crippen LogP contribution in [0.3, 0.4) is 0 Å². The van der Waals surface area contributed by atoms with Crippen molar-refractivity contribution < 1.29 is 17.9 Å². The van der Waals surface area contributed by atoms with E-state index in [9.17, 15) is 13.2 Å². The molecule has 0 fully saturated rings. The Bertz CT molecular complexity index is 611. The van der Waals surface area contributed by atoms with Crippen molar-refractivity contribution >= 4 is 31.7 Å². The number of terminal acetylenes is 1. The predicted octanol–water partition coefficient (Wildman–Crippen LogP) is 1.62. The lowest BCUT2D eigenvalue weighted by atomic mass is 10.1. The van der Waals surface area contributed by atoms with Gasteiger partial charge in [0.2, 0.25) is 0 Å². The average Bonchev–Trinajstić information content (AvgIpc) is 2.25. The van der Waals surface area contributed by atoms with Gasteiger partial charge in [0.05, 0.1) is 17.6 Å². The quantitative estimate of drug-likeness (QED) is 0.614. The van der Waals surface area contributed by atoms with Crippen LogP contribution in [-0.2, 0) is 14.6 Å². The first-order valence-corrected chi connectivity index (χ1v) is 7.08. The fourth-order valence-corrected chi connectivity index (χ4v) is 3.21. The minimum atomic E-state index is -3.45. The highest BCUT2D eigenvalue weighted by Crippen LogP contribution is 2.26. The fourth-order valence-electron chi connectivity index (χ4n) is 1.24. The Balaban J connectivity index is 3.62. The van der Waals surface area contributed by atoms with Crippen LogP contribution in [0, 0.1) is 12.3 Å². The third-order valence-electron chi connectivity index (χ3n) is 2.03. The second-order valence-electron chi connectivity index (χ2n) is 3.24. The third-order valence-corrected chi connectivity index (χ3v) is 4.09. The van der Waals surface area contributed by atoms with E-state index in [1.54, 1.807) is 0 Å². The largest absolute Gasteiger partial charge is 0.465 e. The molecule has 0 spiro atoms. The van der Waals surface area contributed by atoms with Crippen LogP contribution in [0.5, 0.6) is 0 Å². The van der Waals surface area contributed by atoms with Gasteiger partial charge >= 0.3 is 5.97 Å². The van der Waals surface area contributed by atoms with Gasteiger partial charge in [-0.25, -0.2) is 13.2 Å². The zero-order valence-corrected chi connectivity index (χ0v) is 11.6. The Labute approximate surface area is 108 Å². The van der Waals surface area contributed by atoms with Gasteiger partial charge in [0.25, 0.3) is 0 Å². The number of rotatable bonds is 2. The van der Waals surface area contributed by atoms with Crippen LogP contribution < -0.4 is 0 Å². The van der Waals surface area contributed by atoms with Crippen molar-refractivity contribution in [3.63, 3.8) is 0 Å². The van der Waals surface area contributed by atoms with Crippen molar-refractivity contribution in [1.29, 1.82) is 0 Å². The molecule has 1 rings (SSSR count). The summed E-state index contributed by atoms with van der Waals surface area (Å²) in [4.78, 5) is 11.5. The molecule has 0 amide bonds. The molecule has 1 aromatic carbocycles. The maximum absolute atomic E-state index is 11.5. The first-order chi connectivity index (χ1) is 7.81. The molecule has 90 valence electrons. The fraction of sp³-hybridized carbons (Fsp3) is 0.182. The van der Waals surface area contributed by atoms with Crippen LogP contribution in [0.25, 0.3) is 0 Å². The molecule has 0 N–H and O–H groups in total. The monoisotopic (exact) mass is 316 g/mol. The normalized spacial score (nSPS) is 10.7. The number of hydrogen-bond acceptors (Lipinski definition) is 4. The molecular formula is C11H9BrO4S. The van der Waals surface area contributed by atoms with Crippen LogP contribution in [0.2, 0.25) is 0 Å². The highest BCUT2D eigenvalue weighted by molar-refractivity contribution is 9.10. The Hall–Kier alpha value is -1.32. The van der Waals surface area contributed by atoms with Crippen molar-refractivity contribution in [3.8, 4) is 12.3 Å². The topological polar surface area (TPSA) is 60.4 Å². The second-order valence-corrected chi connectivity index (χ2v) is 6.07. The average molecular weight is 317 g/mol. The predicted molar refractivity (Wildman–Crippen MR) is 66.5 cm³/mol. The van der Waals surface area contributed by atoms with E-state index in [0.29, 0.717) is 4.47 Å². The molecule has 6 heteroatoms. The standard InChI is InChI=1S/C11H9BrO4S/c1-4-7-5-9(12)10(17(3,14)15)6-8(7)11(13)16-2/h1,5-6H,2-3H3. The summed E-state index contributed by atoms with van der Waals surface area (Å²) in [5.74, 6) is 1.63. The SMILES string of the molecule is C#Cc1cc(Br)c(S(C)(=O)=O)cc1C(=O)OC. The van der Waals surface area contributed by atoms with Crippen LogP contribution in [0.15, 0.2) is 21.5 Å². The zero-order chi connectivity index (χ0) is 13.2. The molecule has 0 saturated heterocycles. The summed E-state index contributed by atoms with van der Waals surface area (Å²) in [6.07, 6.45) is 6.29. The number of methoxy groups -OCH3 is 1. The van der Waals surface area contributed by atoms with Crippen LogP contribution in [-0.4, -0.2) is 27.8 Å². The Morgan fingerprint density at radius 1 is 1.47 bits per heavy atom. The lowest BCUT2D eigenvalue weighted by Crippen LogP contribution is -2.08. The zero-order valence-electron chi connectivity index (χ0n) is 9.15. The van der Waals surface area contributed by atoms with Crippen molar-refractivity contribution in [2.24, 2.45) is 0 Å². The van der Waals surface area contributed by atoms with Crippen LogP contribution >= 0.6 is 15.9 Å². The van der Waals surface area contributed by atoms with E-state index in [4.69, 9.17) is 6.42 Å². The van der Waals surface area contributed by atoms with Crippen LogP contribution in [0.4, 0.5) is 0 Å². The maximum atomic E-state index is 11.5. The van der Waals surface area contributed by atoms with E-state index in [-0.39, 0.29) is 16.0 Å². The van der Waals surface area contributed by atoms with Gasteiger partial charge in [0.1, 0.15) is 0 Å². The summed E-state index contributed by atoms with van der Waals surface area (Å²) in [6, 6.07) is 2.61. The number of carbonyl (C=O) groups is 1. The Morgan fingerprint density at radius 3 is 2.47 bits per heavy atom. The summed E-state index contributed by atoms with van der Waals surface area (Å²) in [6.45, 7) is 0. The van der Waals surface area contributed by atoms with E-state index in [1.165, 1.54) is 19.2 Å². The van der Waals surface area contributed by atoms with Crippen molar-refractivity contribution in [1.82, 2.24) is 0 Å². The van der Waals surface area contributed by atoms with Gasteiger partial charge < -0.3 is 4.74 Å². The van der Waals surface area contributed by atoms with Gasteiger partial charge in [-0.3, -0.25) is 0 Å². The second kappa shape index (κ2) is 4.90. The van der Waals surface area contributed by atoms with Crippen molar-refractivity contribution in [3.05, 3.63) is 27.7 Å². The van der Waals surface area contributed by atoms with Gasteiger partial charge in [-0.05, 0) is 28.1 Å². The first kappa shape index (κ1) is 13.7. The summed E-state index contributed by atoms with van der Waals surface area (Å²) in [5.41, 5.74) is 0.328. The van der Waals surface area contributed by atoms with E-state index in [1.807, 2.05) is 0 Å². The molecule has 0 aromatic heterocycles. The molecule has 0 saturated carbocycles. The number of sulfone groups is 1. The van der Waals surface area contributed by atoms with Gasteiger partial charge in [-0.15, -0.1) is 6.42 Å². The highest BCUT2D eigenvalue weighted by atomic mass is 79.9. The summed E-state index contributed by atoms with van der Waals surface area (Å²) < 4.78 is 27.8. The highest BCUT2D eigenvalue weighted by Gasteiger charge is 2.19. The molecule has 0 aliphatic heterocycles. The minimum Gasteiger partial charge on any atom is -0.465 e. The summed E-state index contributed by atoms with van der Waals surface area (Å²) >= 11 is 3.10. The number of carbonyl (C=O) groups excluding carboxylic acids is 1. The minimum absolute atomic E-state index is 0.00287. The molecular weight excluding hydrogens is 308 g/mol. The number of esters is 1. The smallest absolute Gasteiger partial charge is 0.339 e. The van der Waals surface area contributed by atoms with Gasteiger partial charge in [-0.1, -0.05) is 5.92 Å².